The predicted octanol–water partition coefficient (Wildman–Crippen LogP) is 3.21. The summed E-state index contributed by atoms with van der Waals surface area (Å²) in [6, 6.07) is 9.34. The molecule has 40 heavy (non-hydrogen) atoms. The van der Waals surface area contributed by atoms with E-state index in [9.17, 15) is 24.3 Å². The Morgan fingerprint density at radius 2 is 2.00 bits per heavy atom. The van der Waals surface area contributed by atoms with Crippen LogP contribution in [0.2, 0.25) is 0 Å². The Hall–Kier alpha value is -4.04. The van der Waals surface area contributed by atoms with E-state index in [4.69, 9.17) is 0 Å². The van der Waals surface area contributed by atoms with Crippen molar-refractivity contribution in [2.24, 2.45) is 11.3 Å². The predicted molar refractivity (Wildman–Crippen MR) is 147 cm³/mol. The van der Waals surface area contributed by atoms with Gasteiger partial charge in [-0.3, -0.25) is 14.6 Å². The third-order valence-corrected chi connectivity index (χ3v) is 7.94. The van der Waals surface area contributed by atoms with Crippen LogP contribution in [0.4, 0.5) is 10.1 Å². The van der Waals surface area contributed by atoms with Crippen LogP contribution in [0.25, 0.3) is 16.9 Å². The Balaban J connectivity index is 1.33. The molecular weight excluding hydrogens is 513 g/mol. The van der Waals surface area contributed by atoms with E-state index in [1.807, 2.05) is 19.1 Å². The van der Waals surface area contributed by atoms with Crippen LogP contribution in [-0.4, -0.2) is 62.4 Å². The van der Waals surface area contributed by atoms with E-state index >= 15 is 0 Å². The van der Waals surface area contributed by atoms with E-state index in [0.717, 1.165) is 31.2 Å². The van der Waals surface area contributed by atoms with Crippen LogP contribution in [0.15, 0.2) is 36.7 Å². The number of halogens is 1. The average Bonchev–Trinajstić information content (AvgIpc) is 3.52. The van der Waals surface area contributed by atoms with Crippen LogP contribution in [0.3, 0.4) is 0 Å². The molecular formula is C29H34FN7O3. The van der Waals surface area contributed by atoms with Crippen molar-refractivity contribution in [2.75, 3.05) is 18.4 Å². The minimum Gasteiger partial charge on any atom is -0.387 e. The van der Waals surface area contributed by atoms with E-state index in [2.05, 4.69) is 32.1 Å². The smallest absolute Gasteiger partial charge is 0.255 e. The minimum absolute atomic E-state index is 0.0888. The number of anilines is 1. The molecule has 2 aliphatic carbocycles. The molecule has 0 radical (unpaired) electrons. The van der Waals surface area contributed by atoms with Gasteiger partial charge in [-0.1, -0.05) is 6.92 Å². The quantitative estimate of drug-likeness (QED) is 0.305. The first-order valence-electron chi connectivity index (χ1n) is 13.5. The van der Waals surface area contributed by atoms with Crippen molar-refractivity contribution in [3.8, 4) is 17.5 Å². The lowest BCUT2D eigenvalue weighted by Gasteiger charge is -2.37. The average molecular weight is 548 g/mol. The summed E-state index contributed by atoms with van der Waals surface area (Å²) in [5.41, 5.74) is 1.44. The molecule has 11 heteroatoms. The lowest BCUT2D eigenvalue weighted by Crippen LogP contribution is -2.44. The molecule has 3 aromatic heterocycles. The molecule has 1 atom stereocenters. The Morgan fingerprint density at radius 1 is 1.25 bits per heavy atom. The van der Waals surface area contributed by atoms with Gasteiger partial charge < -0.3 is 21.1 Å². The summed E-state index contributed by atoms with van der Waals surface area (Å²) in [5, 5.41) is 32.5. The highest BCUT2D eigenvalue weighted by molar-refractivity contribution is 6.00. The van der Waals surface area contributed by atoms with E-state index in [1.54, 1.807) is 16.6 Å². The topological polar surface area (TPSA) is 144 Å². The molecule has 2 amide bonds. The molecule has 0 saturated heterocycles. The fourth-order valence-corrected chi connectivity index (χ4v) is 4.78. The van der Waals surface area contributed by atoms with E-state index < -0.39 is 17.7 Å². The fraction of sp³-hybridized carbons (Fsp3) is 0.483. The first-order valence-corrected chi connectivity index (χ1v) is 13.5. The van der Waals surface area contributed by atoms with Gasteiger partial charge in [-0.05, 0) is 69.7 Å². The summed E-state index contributed by atoms with van der Waals surface area (Å²) in [7, 11) is 0. The van der Waals surface area contributed by atoms with Gasteiger partial charge in [0.15, 0.2) is 0 Å². The maximum atomic E-state index is 14.3. The van der Waals surface area contributed by atoms with Gasteiger partial charge in [0.2, 0.25) is 5.91 Å². The highest BCUT2D eigenvalue weighted by Crippen LogP contribution is 2.45. The van der Waals surface area contributed by atoms with Crippen LogP contribution in [0, 0.1) is 22.7 Å². The molecule has 2 fully saturated rings. The number of nitrogens with zero attached hydrogens (tertiary/aromatic N) is 4. The zero-order valence-corrected chi connectivity index (χ0v) is 22.9. The number of alkyl halides is 1. The van der Waals surface area contributed by atoms with Gasteiger partial charge in [0.1, 0.15) is 12.2 Å². The Kier molecular flexibility index (Phi) is 7.23. The number of aromatic nitrogens is 3. The Morgan fingerprint density at radius 3 is 2.67 bits per heavy atom. The van der Waals surface area contributed by atoms with E-state index in [-0.39, 0.29) is 29.5 Å². The molecule has 5 rings (SSSR count). The molecule has 0 aromatic carbocycles. The van der Waals surface area contributed by atoms with Gasteiger partial charge in [-0.2, -0.15) is 10.4 Å². The molecule has 0 bridgehead atoms. The fourth-order valence-electron chi connectivity index (χ4n) is 4.78. The first kappa shape index (κ1) is 27.5. The van der Waals surface area contributed by atoms with Crippen molar-refractivity contribution in [2.45, 2.75) is 64.3 Å². The number of aliphatic hydroxyl groups is 1. The van der Waals surface area contributed by atoms with E-state index in [1.165, 1.54) is 26.2 Å². The number of amides is 2. The van der Waals surface area contributed by atoms with Crippen molar-refractivity contribution >= 4 is 23.0 Å². The molecule has 0 spiro atoms. The molecule has 3 aromatic rings. The van der Waals surface area contributed by atoms with Gasteiger partial charge in [-0.25, -0.2) is 8.91 Å². The number of hydrogen-bond acceptors (Lipinski definition) is 7. The summed E-state index contributed by atoms with van der Waals surface area (Å²) in [6.45, 7) is 4.97. The minimum atomic E-state index is -1.64. The zero-order valence-electron chi connectivity index (χ0n) is 22.9. The highest BCUT2D eigenvalue weighted by atomic mass is 19.1. The van der Waals surface area contributed by atoms with Crippen molar-refractivity contribution in [1.29, 1.82) is 5.26 Å². The van der Waals surface area contributed by atoms with Crippen LogP contribution < -0.4 is 16.0 Å². The maximum absolute atomic E-state index is 14.3. The maximum Gasteiger partial charge on any atom is 0.255 e. The van der Waals surface area contributed by atoms with Gasteiger partial charge in [0.25, 0.3) is 5.91 Å². The summed E-state index contributed by atoms with van der Waals surface area (Å²) < 4.78 is 16.0. The van der Waals surface area contributed by atoms with Gasteiger partial charge in [-0.15, -0.1) is 0 Å². The number of nitriles is 1. The Bertz CT molecular complexity index is 1480. The van der Waals surface area contributed by atoms with Crippen molar-refractivity contribution in [3.05, 3.63) is 47.8 Å². The molecule has 0 aliphatic heterocycles. The largest absolute Gasteiger partial charge is 0.387 e. The van der Waals surface area contributed by atoms with Gasteiger partial charge in [0.05, 0.1) is 52.1 Å². The second kappa shape index (κ2) is 10.5. The lowest BCUT2D eigenvalue weighted by molar-refractivity contribution is -0.126. The molecule has 210 valence electrons. The standard InChI is InChI=1S/C29H34FN7O3/c1-28(2,40)25(30)16-33-26(38)21-15-32-23(24-5-4-20-10-18(12-31)14-35-37(20)24)11-22(21)36-19-8-17(9-19)13-34-27(39)29(3)6-7-29/h4-5,10-11,14-15,17,19,25,40H,6-9,13,16H2,1-3H3,(H,32,36)(H,33,38)(H,34,39). The lowest BCUT2D eigenvalue weighted by atomic mass is 9.80. The number of hydrogen-bond donors (Lipinski definition) is 4. The van der Waals surface area contributed by atoms with Gasteiger partial charge >= 0.3 is 0 Å². The van der Waals surface area contributed by atoms with Crippen molar-refractivity contribution < 1.29 is 19.1 Å². The summed E-state index contributed by atoms with van der Waals surface area (Å²) in [6.07, 6.45) is 4.81. The normalized spacial score (nSPS) is 20.2. The van der Waals surface area contributed by atoms with Crippen LogP contribution >= 0.6 is 0 Å². The first-order chi connectivity index (χ1) is 19.0. The third kappa shape index (κ3) is 5.77. The van der Waals surface area contributed by atoms with Gasteiger partial charge in [0, 0.05) is 24.2 Å². The molecule has 2 saturated carbocycles. The van der Waals surface area contributed by atoms with Crippen LogP contribution in [0.1, 0.15) is 62.4 Å². The highest BCUT2D eigenvalue weighted by Gasteiger charge is 2.45. The van der Waals surface area contributed by atoms with Crippen molar-refractivity contribution in [1.82, 2.24) is 25.2 Å². The number of carbonyl (C=O) groups excluding carboxylic acids is 2. The monoisotopic (exact) mass is 547 g/mol. The summed E-state index contributed by atoms with van der Waals surface area (Å²) in [5.74, 6) is -0.0468. The summed E-state index contributed by atoms with van der Waals surface area (Å²) in [4.78, 5) is 29.8. The molecule has 10 nitrogen and oxygen atoms in total. The molecule has 4 N–H and O–H groups in total. The number of fused-ring (bicyclic) bond motifs is 1. The number of carbonyl (C=O) groups is 2. The van der Waals surface area contributed by atoms with E-state index in [0.29, 0.717) is 35.1 Å². The molecule has 2 aliphatic rings. The second-order valence-electron chi connectivity index (χ2n) is 11.8. The molecule has 3 heterocycles. The van der Waals surface area contributed by atoms with Crippen molar-refractivity contribution in [3.63, 3.8) is 0 Å². The number of nitrogens with one attached hydrogen (secondary N) is 3. The SMILES string of the molecule is CC1(C(=O)NCC2CC(Nc3cc(-c4ccc5cc(C#N)cnn45)ncc3C(=O)NCC(F)C(C)(C)O)C2)CC1. The van der Waals surface area contributed by atoms with Crippen LogP contribution in [-0.2, 0) is 4.79 Å². The second-order valence-corrected chi connectivity index (χ2v) is 11.8. The molecule has 1 unspecified atom stereocenters. The van der Waals surface area contributed by atoms with Crippen LogP contribution in [0.5, 0.6) is 0 Å². The number of pyridine rings is 1. The Labute approximate surface area is 232 Å². The number of rotatable bonds is 10. The zero-order chi connectivity index (χ0) is 28.7. The summed E-state index contributed by atoms with van der Waals surface area (Å²) >= 11 is 0. The third-order valence-electron chi connectivity index (χ3n) is 7.94.